The summed E-state index contributed by atoms with van der Waals surface area (Å²) in [6.45, 7) is 4.81. The molecular formula is C33H56N4O8. The Morgan fingerprint density at radius 3 is 2.02 bits per heavy atom. The van der Waals surface area contributed by atoms with Gasteiger partial charge in [-0.2, -0.15) is 0 Å². The number of nitrogens with two attached hydrogens (primary N) is 1. The van der Waals surface area contributed by atoms with Crippen molar-refractivity contribution in [2.75, 3.05) is 6.61 Å². The van der Waals surface area contributed by atoms with Crippen molar-refractivity contribution >= 4 is 17.7 Å². The highest BCUT2D eigenvalue weighted by Gasteiger charge is 2.38. The van der Waals surface area contributed by atoms with Crippen LogP contribution in [-0.2, 0) is 20.8 Å². The first-order valence-corrected chi connectivity index (χ1v) is 16.5. The third-order valence-electron chi connectivity index (χ3n) is 9.02. The lowest BCUT2D eigenvalue weighted by Crippen LogP contribution is -2.60. The number of rotatable bonds is 19. The molecule has 1 aliphatic rings. The van der Waals surface area contributed by atoms with Crippen molar-refractivity contribution in [2.24, 2.45) is 17.6 Å². The smallest absolute Gasteiger partial charge is 0.243 e. The van der Waals surface area contributed by atoms with Gasteiger partial charge in [0.25, 0.3) is 0 Å². The fraction of sp³-hybridized carbons (Fsp3) is 0.727. The van der Waals surface area contributed by atoms with Gasteiger partial charge in [-0.05, 0) is 30.2 Å². The van der Waals surface area contributed by atoms with Crippen molar-refractivity contribution in [3.05, 3.63) is 35.9 Å². The Bertz CT molecular complexity index is 1030. The first-order valence-electron chi connectivity index (χ1n) is 16.5. The van der Waals surface area contributed by atoms with E-state index in [0.29, 0.717) is 19.3 Å². The summed E-state index contributed by atoms with van der Waals surface area (Å²) < 4.78 is 0. The first-order chi connectivity index (χ1) is 21.4. The number of hydrogen-bond acceptors (Lipinski definition) is 9. The number of amides is 3. The molecule has 1 aromatic carbocycles. The van der Waals surface area contributed by atoms with Gasteiger partial charge in [0.2, 0.25) is 17.7 Å². The van der Waals surface area contributed by atoms with Crippen molar-refractivity contribution in [3.8, 4) is 0 Å². The minimum atomic E-state index is -1.85. The van der Waals surface area contributed by atoms with Crippen molar-refractivity contribution in [3.63, 3.8) is 0 Å². The van der Waals surface area contributed by atoms with Crippen molar-refractivity contribution < 1.29 is 39.9 Å². The molecule has 0 spiro atoms. The minimum Gasteiger partial charge on any atom is -0.394 e. The van der Waals surface area contributed by atoms with Gasteiger partial charge in [0, 0.05) is 6.42 Å². The van der Waals surface area contributed by atoms with Crippen LogP contribution in [0.3, 0.4) is 0 Å². The minimum absolute atomic E-state index is 0.107. The summed E-state index contributed by atoms with van der Waals surface area (Å²) in [5.74, 6) is -1.57. The summed E-state index contributed by atoms with van der Waals surface area (Å²) in [5, 5.41) is 59.4. The summed E-state index contributed by atoms with van der Waals surface area (Å²) in [5.41, 5.74) is 6.95. The number of aliphatic hydroxyl groups excluding tert-OH is 5. The molecule has 0 heterocycles. The van der Waals surface area contributed by atoms with Crippen LogP contribution in [0, 0.1) is 11.8 Å². The van der Waals surface area contributed by atoms with Gasteiger partial charge in [-0.25, -0.2) is 0 Å². The summed E-state index contributed by atoms with van der Waals surface area (Å²) in [4.78, 5) is 40.3. The summed E-state index contributed by atoms with van der Waals surface area (Å²) >= 11 is 0. The molecule has 12 nitrogen and oxygen atoms in total. The molecule has 9 atom stereocenters. The molecular weight excluding hydrogens is 580 g/mol. The average Bonchev–Trinajstić information content (AvgIpc) is 3.05. The zero-order valence-corrected chi connectivity index (χ0v) is 27.0. The zero-order chi connectivity index (χ0) is 33.5. The van der Waals surface area contributed by atoms with Gasteiger partial charge in [0.1, 0.15) is 36.5 Å². The van der Waals surface area contributed by atoms with E-state index in [-0.39, 0.29) is 24.7 Å². The zero-order valence-electron chi connectivity index (χ0n) is 27.0. The maximum absolute atomic E-state index is 13.7. The van der Waals surface area contributed by atoms with E-state index in [4.69, 9.17) is 5.73 Å². The van der Waals surface area contributed by atoms with E-state index in [9.17, 15) is 39.9 Å². The molecule has 2 rings (SSSR count). The molecule has 12 heteroatoms. The second-order valence-corrected chi connectivity index (χ2v) is 12.6. The van der Waals surface area contributed by atoms with Gasteiger partial charge in [-0.1, -0.05) is 96.0 Å². The molecule has 0 bridgehead atoms. The summed E-state index contributed by atoms with van der Waals surface area (Å²) in [6, 6.07) is 5.32. The van der Waals surface area contributed by atoms with Gasteiger partial charge in [0.15, 0.2) is 0 Å². The van der Waals surface area contributed by atoms with Crippen molar-refractivity contribution in [1.82, 2.24) is 16.0 Å². The first kappa shape index (κ1) is 38.6. The van der Waals surface area contributed by atoms with Crippen LogP contribution in [0.4, 0.5) is 0 Å². The Balaban J connectivity index is 2.26. The number of hydrogen-bond donors (Lipinski definition) is 9. The molecule has 0 aromatic heterocycles. The van der Waals surface area contributed by atoms with Crippen LogP contribution < -0.4 is 21.7 Å². The lowest BCUT2D eigenvalue weighted by Gasteiger charge is -2.35. The van der Waals surface area contributed by atoms with Crippen LogP contribution in [0.15, 0.2) is 30.3 Å². The van der Waals surface area contributed by atoms with E-state index in [2.05, 4.69) is 16.0 Å². The van der Waals surface area contributed by atoms with E-state index in [1.54, 1.807) is 0 Å². The lowest BCUT2D eigenvalue weighted by molar-refractivity contribution is -0.136. The van der Waals surface area contributed by atoms with E-state index in [0.717, 1.165) is 37.7 Å². The van der Waals surface area contributed by atoms with Gasteiger partial charge >= 0.3 is 0 Å². The highest BCUT2D eigenvalue weighted by Crippen LogP contribution is 2.29. The van der Waals surface area contributed by atoms with Crippen LogP contribution in [0.1, 0.15) is 84.1 Å². The molecule has 1 fully saturated rings. The molecule has 0 unspecified atom stereocenters. The number of nitrogens with one attached hydrogen (secondary N) is 3. The maximum atomic E-state index is 13.7. The molecule has 1 aromatic rings. The monoisotopic (exact) mass is 636 g/mol. The number of carbonyl (C=O) groups is 3. The molecule has 0 aliphatic heterocycles. The average molecular weight is 637 g/mol. The molecule has 1 aliphatic carbocycles. The Hall–Kier alpha value is -2.61. The Labute approximate surface area is 267 Å². The van der Waals surface area contributed by atoms with Gasteiger partial charge in [-0.3, -0.25) is 14.4 Å². The quantitative estimate of drug-likeness (QED) is 0.102. The van der Waals surface area contributed by atoms with Gasteiger partial charge in [0.05, 0.1) is 18.7 Å². The predicted octanol–water partition coefficient (Wildman–Crippen LogP) is 0.263. The highest BCUT2D eigenvalue weighted by molar-refractivity contribution is 5.93. The summed E-state index contributed by atoms with van der Waals surface area (Å²) in [7, 11) is 0. The second-order valence-electron chi connectivity index (χ2n) is 12.6. The van der Waals surface area contributed by atoms with E-state index in [1.807, 2.05) is 51.1 Å². The topological polar surface area (TPSA) is 214 Å². The number of benzene rings is 1. The fourth-order valence-corrected chi connectivity index (χ4v) is 5.79. The third-order valence-corrected chi connectivity index (χ3v) is 9.02. The van der Waals surface area contributed by atoms with Crippen LogP contribution >= 0.6 is 0 Å². The number of carbonyl (C=O) groups excluding carboxylic acids is 3. The third kappa shape index (κ3) is 12.3. The lowest BCUT2D eigenvalue weighted by atomic mass is 9.82. The van der Waals surface area contributed by atoms with Crippen molar-refractivity contribution in [2.45, 2.75) is 134 Å². The second kappa shape index (κ2) is 19.8. The van der Waals surface area contributed by atoms with E-state index >= 15 is 0 Å². The molecule has 45 heavy (non-hydrogen) atoms. The van der Waals surface area contributed by atoms with E-state index < -0.39 is 72.9 Å². The molecule has 0 radical (unpaired) electrons. The standard InChI is InChI=1S/C33H56N4O8/c1-4-12-23(35-32(44)25(18-22-15-10-7-11-16-22)37-33(45)27(34)20(3)5-2)31(43)36-24(17-21-13-8-6-9-14-21)28(40)30(42)29(41)26(39)19-38/h7,10-11,15-16,20-21,23-30,38-42H,4-6,8-9,12-14,17-19,34H2,1-3H3,(H,35,44)(H,36,43)(H,37,45)/t20-,23-,24-,25-,26-,27-,28+,29+,30+/m0/s1. The molecule has 0 saturated heterocycles. The van der Waals surface area contributed by atoms with Gasteiger partial charge < -0.3 is 47.2 Å². The van der Waals surface area contributed by atoms with Crippen LogP contribution in [-0.4, -0.2) is 98.4 Å². The Morgan fingerprint density at radius 2 is 1.44 bits per heavy atom. The SMILES string of the molecule is CCC[C@H](NC(=O)[C@H](Cc1ccccc1)NC(=O)[C@@H](N)[C@@H](C)CC)C(=O)N[C@@H](CC1CCCCC1)[C@@H](O)[C@@H](O)[C@H](O)[C@@H](O)CO. The van der Waals surface area contributed by atoms with Crippen LogP contribution in [0.5, 0.6) is 0 Å². The highest BCUT2D eigenvalue weighted by atomic mass is 16.4. The summed E-state index contributed by atoms with van der Waals surface area (Å²) in [6.07, 6.45) is -0.206. The number of aliphatic hydroxyl groups is 5. The van der Waals surface area contributed by atoms with Crippen LogP contribution in [0.2, 0.25) is 0 Å². The molecule has 1 saturated carbocycles. The Morgan fingerprint density at radius 1 is 0.844 bits per heavy atom. The maximum Gasteiger partial charge on any atom is 0.243 e. The molecule has 3 amide bonds. The van der Waals surface area contributed by atoms with Gasteiger partial charge in [-0.15, -0.1) is 0 Å². The van der Waals surface area contributed by atoms with E-state index in [1.165, 1.54) is 0 Å². The van der Waals surface area contributed by atoms with Crippen molar-refractivity contribution in [1.29, 1.82) is 0 Å². The molecule has 256 valence electrons. The van der Waals surface area contributed by atoms with Crippen LogP contribution in [0.25, 0.3) is 0 Å². The normalized spacial score (nSPS) is 20.0. The predicted molar refractivity (Wildman–Crippen MR) is 171 cm³/mol. The Kier molecular flexibility index (Phi) is 17.0. The molecule has 10 N–H and O–H groups in total. The largest absolute Gasteiger partial charge is 0.394 e. The fourth-order valence-electron chi connectivity index (χ4n) is 5.79.